The van der Waals surface area contributed by atoms with Crippen LogP contribution in [-0.2, 0) is 4.79 Å². The molecular weight excluding hydrogens is 308 g/mol. The predicted octanol–water partition coefficient (Wildman–Crippen LogP) is 3.81. The molecule has 0 unspecified atom stereocenters. The smallest absolute Gasteiger partial charge is 0.336 e. The van der Waals surface area contributed by atoms with Crippen LogP contribution in [0.2, 0.25) is 0 Å². The van der Waals surface area contributed by atoms with Crippen molar-refractivity contribution in [2.24, 2.45) is 0 Å². The van der Waals surface area contributed by atoms with Crippen molar-refractivity contribution >= 4 is 17.6 Å². The molecule has 0 aliphatic rings. The Morgan fingerprint density at radius 3 is 2.38 bits per heavy atom. The number of rotatable bonds is 7. The molecule has 0 bridgehead atoms. The fraction of sp³-hybridized carbons (Fsp3) is 0.211. The van der Waals surface area contributed by atoms with Gasteiger partial charge in [-0.25, -0.2) is 4.79 Å². The van der Waals surface area contributed by atoms with E-state index in [9.17, 15) is 15.0 Å². The third-order valence-electron chi connectivity index (χ3n) is 3.27. The van der Waals surface area contributed by atoms with Crippen molar-refractivity contribution in [2.75, 3.05) is 13.2 Å². The van der Waals surface area contributed by atoms with E-state index >= 15 is 0 Å². The van der Waals surface area contributed by atoms with E-state index in [1.807, 2.05) is 13.8 Å². The number of ether oxygens (including phenoxy) is 2. The van der Waals surface area contributed by atoms with Gasteiger partial charge in [-0.3, -0.25) is 0 Å². The quantitative estimate of drug-likeness (QED) is 0.597. The summed E-state index contributed by atoms with van der Waals surface area (Å²) in [5, 5.41) is 19.0. The minimum absolute atomic E-state index is 0.0151. The summed E-state index contributed by atoms with van der Waals surface area (Å²) in [6.45, 7) is 4.74. The monoisotopic (exact) mass is 328 g/mol. The molecular formula is C19H20O5. The van der Waals surface area contributed by atoms with Crippen molar-refractivity contribution < 1.29 is 24.5 Å². The fourth-order valence-electron chi connectivity index (χ4n) is 2.27. The Kier molecular flexibility index (Phi) is 5.84. The van der Waals surface area contributed by atoms with Crippen LogP contribution in [0.4, 0.5) is 0 Å². The number of aliphatic carboxylic acids is 1. The van der Waals surface area contributed by atoms with Crippen LogP contribution in [0.5, 0.6) is 17.2 Å². The molecule has 0 saturated carbocycles. The van der Waals surface area contributed by atoms with Gasteiger partial charge in [0.25, 0.3) is 0 Å². The SMILES string of the molecule is CCOc1ccc(/C=C(\C(=O)O)c2cccc(O)c2)cc1OCC. The second kappa shape index (κ2) is 8.06. The molecule has 0 heterocycles. The average molecular weight is 328 g/mol. The summed E-state index contributed by atoms with van der Waals surface area (Å²) in [5.74, 6) is 0.119. The second-order valence-electron chi connectivity index (χ2n) is 4.99. The van der Waals surface area contributed by atoms with E-state index in [0.29, 0.717) is 35.8 Å². The Morgan fingerprint density at radius 1 is 1.04 bits per heavy atom. The number of carboxylic acids is 1. The Morgan fingerprint density at radius 2 is 1.75 bits per heavy atom. The third kappa shape index (κ3) is 4.29. The summed E-state index contributed by atoms with van der Waals surface area (Å²) in [6, 6.07) is 11.4. The standard InChI is InChI=1S/C19H20O5/c1-3-23-17-9-8-13(11-18(17)24-4-2)10-16(19(21)22)14-6-5-7-15(20)12-14/h5-12,20H,3-4H2,1-2H3,(H,21,22)/b16-10-. The van der Waals surface area contributed by atoms with Crippen LogP contribution in [0.1, 0.15) is 25.0 Å². The van der Waals surface area contributed by atoms with E-state index < -0.39 is 5.97 Å². The maximum Gasteiger partial charge on any atom is 0.336 e. The highest BCUT2D eigenvalue weighted by atomic mass is 16.5. The first-order valence-electron chi connectivity index (χ1n) is 7.69. The van der Waals surface area contributed by atoms with Crippen molar-refractivity contribution in [3.05, 3.63) is 53.6 Å². The van der Waals surface area contributed by atoms with Crippen molar-refractivity contribution in [1.82, 2.24) is 0 Å². The van der Waals surface area contributed by atoms with Gasteiger partial charge in [0.1, 0.15) is 5.75 Å². The lowest BCUT2D eigenvalue weighted by Crippen LogP contribution is -2.01. The molecule has 24 heavy (non-hydrogen) atoms. The van der Waals surface area contributed by atoms with Gasteiger partial charge < -0.3 is 19.7 Å². The third-order valence-corrected chi connectivity index (χ3v) is 3.27. The lowest BCUT2D eigenvalue weighted by atomic mass is 10.0. The molecule has 0 fully saturated rings. The van der Waals surface area contributed by atoms with Gasteiger partial charge in [0.05, 0.1) is 18.8 Å². The molecule has 5 nitrogen and oxygen atoms in total. The van der Waals surface area contributed by atoms with E-state index in [2.05, 4.69) is 0 Å². The van der Waals surface area contributed by atoms with Gasteiger partial charge in [-0.2, -0.15) is 0 Å². The highest BCUT2D eigenvalue weighted by Gasteiger charge is 2.12. The van der Waals surface area contributed by atoms with Gasteiger partial charge in [-0.05, 0) is 55.3 Å². The van der Waals surface area contributed by atoms with Crippen molar-refractivity contribution in [3.8, 4) is 17.2 Å². The molecule has 0 aliphatic heterocycles. The zero-order valence-corrected chi connectivity index (χ0v) is 13.7. The van der Waals surface area contributed by atoms with Crippen LogP contribution in [0.15, 0.2) is 42.5 Å². The number of hydrogen-bond donors (Lipinski definition) is 2. The number of carbonyl (C=O) groups is 1. The van der Waals surface area contributed by atoms with E-state index in [-0.39, 0.29) is 11.3 Å². The molecule has 5 heteroatoms. The highest BCUT2D eigenvalue weighted by molar-refractivity contribution is 6.20. The van der Waals surface area contributed by atoms with Gasteiger partial charge in [-0.1, -0.05) is 18.2 Å². The van der Waals surface area contributed by atoms with Gasteiger partial charge in [-0.15, -0.1) is 0 Å². The van der Waals surface area contributed by atoms with Crippen LogP contribution in [0.25, 0.3) is 11.6 Å². The molecule has 0 atom stereocenters. The van der Waals surface area contributed by atoms with Crippen LogP contribution in [-0.4, -0.2) is 29.4 Å². The Labute approximate surface area is 140 Å². The Bertz CT molecular complexity index is 749. The van der Waals surface area contributed by atoms with Gasteiger partial charge in [0, 0.05) is 0 Å². The number of hydrogen-bond acceptors (Lipinski definition) is 4. The minimum Gasteiger partial charge on any atom is -0.508 e. The Hall–Kier alpha value is -2.95. The van der Waals surface area contributed by atoms with Crippen LogP contribution in [0, 0.1) is 0 Å². The predicted molar refractivity (Wildman–Crippen MR) is 92.4 cm³/mol. The molecule has 2 N–H and O–H groups in total. The number of benzene rings is 2. The zero-order valence-electron chi connectivity index (χ0n) is 13.7. The van der Waals surface area contributed by atoms with Crippen molar-refractivity contribution in [3.63, 3.8) is 0 Å². The normalized spacial score (nSPS) is 11.2. The maximum absolute atomic E-state index is 11.6. The summed E-state index contributed by atoms with van der Waals surface area (Å²) in [7, 11) is 0. The Balaban J connectivity index is 2.46. The molecule has 0 aliphatic carbocycles. The number of phenolic OH excluding ortho intramolecular Hbond substituents is 1. The second-order valence-corrected chi connectivity index (χ2v) is 4.99. The molecule has 0 amide bonds. The molecule has 0 radical (unpaired) electrons. The van der Waals surface area contributed by atoms with E-state index in [1.165, 1.54) is 18.2 Å². The summed E-state index contributed by atoms with van der Waals surface area (Å²) in [4.78, 5) is 11.6. The first-order chi connectivity index (χ1) is 11.5. The van der Waals surface area contributed by atoms with Gasteiger partial charge >= 0.3 is 5.97 Å². The minimum atomic E-state index is -1.08. The molecule has 2 aromatic rings. The van der Waals surface area contributed by atoms with E-state index in [4.69, 9.17) is 9.47 Å². The van der Waals surface area contributed by atoms with E-state index in [1.54, 1.807) is 30.3 Å². The molecule has 0 saturated heterocycles. The molecule has 0 aromatic heterocycles. The van der Waals surface area contributed by atoms with E-state index in [0.717, 1.165) is 0 Å². The number of carboxylic acid groups (broad SMARTS) is 1. The summed E-state index contributed by atoms with van der Waals surface area (Å²) >= 11 is 0. The molecule has 2 aromatic carbocycles. The van der Waals surface area contributed by atoms with Gasteiger partial charge in [0.15, 0.2) is 11.5 Å². The highest BCUT2D eigenvalue weighted by Crippen LogP contribution is 2.30. The molecule has 2 rings (SSSR count). The summed E-state index contributed by atoms with van der Waals surface area (Å²) in [6.07, 6.45) is 1.54. The maximum atomic E-state index is 11.6. The number of phenols is 1. The zero-order chi connectivity index (χ0) is 17.5. The average Bonchev–Trinajstić information content (AvgIpc) is 2.55. The van der Waals surface area contributed by atoms with Crippen molar-refractivity contribution in [2.45, 2.75) is 13.8 Å². The lowest BCUT2D eigenvalue weighted by Gasteiger charge is -2.12. The van der Waals surface area contributed by atoms with Gasteiger partial charge in [0.2, 0.25) is 0 Å². The molecule has 0 spiro atoms. The first-order valence-corrected chi connectivity index (χ1v) is 7.69. The summed E-state index contributed by atoms with van der Waals surface area (Å²) in [5.41, 5.74) is 1.18. The van der Waals surface area contributed by atoms with Crippen molar-refractivity contribution in [1.29, 1.82) is 0 Å². The first kappa shape index (κ1) is 17.4. The van der Waals surface area contributed by atoms with Crippen LogP contribution in [0.3, 0.4) is 0 Å². The number of aromatic hydroxyl groups is 1. The largest absolute Gasteiger partial charge is 0.508 e. The lowest BCUT2D eigenvalue weighted by molar-refractivity contribution is -0.130. The summed E-state index contributed by atoms with van der Waals surface area (Å²) < 4.78 is 11.1. The van der Waals surface area contributed by atoms with Crippen LogP contribution >= 0.6 is 0 Å². The van der Waals surface area contributed by atoms with Crippen LogP contribution < -0.4 is 9.47 Å². The topological polar surface area (TPSA) is 76.0 Å². The fourth-order valence-corrected chi connectivity index (χ4v) is 2.27. The molecule has 126 valence electrons.